The maximum absolute atomic E-state index is 14.5. The molecule has 0 N–H and O–H groups in total. The largest absolute Gasteiger partial charge is 0.487 e. The Kier molecular flexibility index (Phi) is 5.65. The van der Waals surface area contributed by atoms with E-state index in [1.54, 1.807) is 12.1 Å². The summed E-state index contributed by atoms with van der Waals surface area (Å²) >= 11 is 0. The number of halogens is 1. The Hall–Kier alpha value is -2.86. The van der Waals surface area contributed by atoms with Crippen LogP contribution in [-0.2, 0) is 22.0 Å². The Bertz CT molecular complexity index is 1270. The van der Waals surface area contributed by atoms with Crippen LogP contribution in [0, 0.1) is 5.82 Å². The predicted molar refractivity (Wildman–Crippen MR) is 130 cm³/mol. The maximum Gasteiger partial charge on any atom is 0.151 e. The van der Waals surface area contributed by atoms with Gasteiger partial charge in [0.25, 0.3) is 0 Å². The molecule has 0 aromatic heterocycles. The van der Waals surface area contributed by atoms with Gasteiger partial charge in [0, 0.05) is 43.4 Å². The highest BCUT2D eigenvalue weighted by molar-refractivity contribution is 7.89. The fraction of sp³-hybridized carbons (Fsp3) is 0.333. The van der Waals surface area contributed by atoms with Crippen molar-refractivity contribution in [3.8, 4) is 16.9 Å². The maximum atomic E-state index is 14.5. The number of aryl methyl sites for hydroxylation is 1. The average Bonchev–Trinajstić information content (AvgIpc) is 2.80. The van der Waals surface area contributed by atoms with E-state index in [9.17, 15) is 12.8 Å². The Balaban J connectivity index is 1.30. The fourth-order valence-electron chi connectivity index (χ4n) is 4.99. The third kappa shape index (κ3) is 4.76. The number of para-hydroxylation sites is 1. The number of anilines is 1. The minimum atomic E-state index is -3.28. The van der Waals surface area contributed by atoms with E-state index in [-0.39, 0.29) is 16.9 Å². The summed E-state index contributed by atoms with van der Waals surface area (Å²) < 4.78 is 44.1. The first kappa shape index (κ1) is 22.0. The van der Waals surface area contributed by atoms with E-state index in [2.05, 4.69) is 35.2 Å². The topological polar surface area (TPSA) is 46.6 Å². The molecule has 1 saturated heterocycles. The summed E-state index contributed by atoms with van der Waals surface area (Å²) in [6.45, 7) is 1.97. The molecule has 0 aliphatic carbocycles. The second-order valence-corrected chi connectivity index (χ2v) is 11.4. The molecule has 172 valence electrons. The van der Waals surface area contributed by atoms with Crippen molar-refractivity contribution in [3.05, 3.63) is 83.7 Å². The van der Waals surface area contributed by atoms with Crippen LogP contribution in [0.5, 0.6) is 5.75 Å². The van der Waals surface area contributed by atoms with Crippen LogP contribution in [0.15, 0.2) is 66.7 Å². The predicted octanol–water partition coefficient (Wildman–Crippen LogP) is 5.40. The molecular weight excluding hydrogens is 437 g/mol. The van der Waals surface area contributed by atoms with Crippen molar-refractivity contribution in [2.75, 3.05) is 24.2 Å². The lowest BCUT2D eigenvalue weighted by Gasteiger charge is -2.45. The smallest absolute Gasteiger partial charge is 0.151 e. The molecular formula is C27H28FNO3S. The van der Waals surface area contributed by atoms with Crippen LogP contribution in [-0.4, -0.2) is 33.4 Å². The van der Waals surface area contributed by atoms with Crippen molar-refractivity contribution in [1.29, 1.82) is 0 Å². The molecule has 0 amide bonds. The number of hydrogen-bond donors (Lipinski definition) is 0. The van der Waals surface area contributed by atoms with Crippen LogP contribution >= 0.6 is 0 Å². The van der Waals surface area contributed by atoms with Gasteiger partial charge < -0.3 is 9.64 Å². The fourth-order valence-corrected chi connectivity index (χ4v) is 5.79. The molecule has 4 nitrogen and oxygen atoms in total. The van der Waals surface area contributed by atoms with Crippen molar-refractivity contribution in [3.63, 3.8) is 0 Å². The molecule has 33 heavy (non-hydrogen) atoms. The Morgan fingerprint density at radius 2 is 1.64 bits per heavy atom. The monoisotopic (exact) mass is 465 g/mol. The van der Waals surface area contributed by atoms with Gasteiger partial charge in [0.2, 0.25) is 0 Å². The van der Waals surface area contributed by atoms with E-state index < -0.39 is 15.7 Å². The zero-order valence-corrected chi connectivity index (χ0v) is 19.6. The number of rotatable bonds is 4. The summed E-state index contributed by atoms with van der Waals surface area (Å²) in [7, 11) is -3.28. The first-order chi connectivity index (χ1) is 15.8. The highest BCUT2D eigenvalue weighted by atomic mass is 32.2. The molecule has 1 fully saturated rings. The van der Waals surface area contributed by atoms with E-state index in [1.807, 2.05) is 18.2 Å². The zero-order chi connectivity index (χ0) is 23.1. The van der Waals surface area contributed by atoms with Crippen LogP contribution in [0.3, 0.4) is 0 Å². The third-order valence-electron chi connectivity index (χ3n) is 6.84. The molecule has 1 spiro atoms. The molecule has 0 bridgehead atoms. The Morgan fingerprint density at radius 3 is 2.33 bits per heavy atom. The number of piperidine rings is 1. The van der Waals surface area contributed by atoms with Crippen molar-refractivity contribution in [2.24, 2.45) is 0 Å². The van der Waals surface area contributed by atoms with Gasteiger partial charge in [-0.05, 0) is 59.9 Å². The minimum absolute atomic E-state index is 0.112. The van der Waals surface area contributed by atoms with Gasteiger partial charge in [0.15, 0.2) is 9.84 Å². The molecule has 2 aliphatic rings. The van der Waals surface area contributed by atoms with Gasteiger partial charge in [-0.15, -0.1) is 0 Å². The van der Waals surface area contributed by atoms with Crippen molar-refractivity contribution in [1.82, 2.24) is 0 Å². The standard InChI is InChI=1S/C27H28FNO3S/c1-33(30,31)19-23-8-7-21(18-25(23)28)20-9-10-26-22(17-20)11-12-27(32-26)13-15-29(16-14-27)24-5-3-2-4-6-24/h2-10,17-18H,11-16,19H2,1H3. The molecule has 2 aliphatic heterocycles. The second-order valence-electron chi connectivity index (χ2n) is 9.31. The molecule has 0 radical (unpaired) electrons. The van der Waals surface area contributed by atoms with Crippen molar-refractivity contribution >= 4 is 15.5 Å². The summed E-state index contributed by atoms with van der Waals surface area (Å²) in [5.41, 5.74) is 4.15. The van der Waals surface area contributed by atoms with Crippen LogP contribution in [0.4, 0.5) is 10.1 Å². The number of hydrogen-bond acceptors (Lipinski definition) is 4. The molecule has 0 unspecified atom stereocenters. The summed E-state index contributed by atoms with van der Waals surface area (Å²) in [5.74, 6) is 0.143. The second kappa shape index (κ2) is 8.49. The van der Waals surface area contributed by atoms with Gasteiger partial charge in [0.05, 0.1) is 5.75 Å². The van der Waals surface area contributed by atoms with E-state index >= 15 is 0 Å². The number of sulfone groups is 1. The van der Waals surface area contributed by atoms with Gasteiger partial charge in [-0.25, -0.2) is 12.8 Å². The lowest BCUT2D eigenvalue weighted by Crippen LogP contribution is -2.49. The molecule has 3 aromatic rings. The molecule has 5 rings (SSSR count). The van der Waals surface area contributed by atoms with Gasteiger partial charge in [-0.2, -0.15) is 0 Å². The summed E-state index contributed by atoms with van der Waals surface area (Å²) in [4.78, 5) is 2.43. The number of fused-ring (bicyclic) bond motifs is 1. The SMILES string of the molecule is CS(=O)(=O)Cc1ccc(-c2ccc3c(c2)CCC2(CCN(c4ccccc4)CC2)O3)cc1F. The number of ether oxygens (including phenoxy) is 1. The quantitative estimate of drug-likeness (QED) is 0.518. The number of nitrogens with zero attached hydrogens (tertiary/aromatic N) is 1. The van der Waals surface area contributed by atoms with Gasteiger partial charge in [-0.3, -0.25) is 0 Å². The van der Waals surface area contributed by atoms with Gasteiger partial charge >= 0.3 is 0 Å². The van der Waals surface area contributed by atoms with Crippen LogP contribution in [0.25, 0.3) is 11.1 Å². The van der Waals surface area contributed by atoms with E-state index in [1.165, 1.54) is 11.8 Å². The lowest BCUT2D eigenvalue weighted by molar-refractivity contribution is 0.0226. The molecule has 2 heterocycles. The highest BCUT2D eigenvalue weighted by Gasteiger charge is 2.39. The zero-order valence-electron chi connectivity index (χ0n) is 18.8. The van der Waals surface area contributed by atoms with Crippen molar-refractivity contribution < 1.29 is 17.5 Å². The first-order valence-corrected chi connectivity index (χ1v) is 13.4. The lowest BCUT2D eigenvalue weighted by atomic mass is 9.82. The minimum Gasteiger partial charge on any atom is -0.487 e. The summed E-state index contributed by atoms with van der Waals surface area (Å²) in [6.07, 6.45) is 5.02. The first-order valence-electron chi connectivity index (χ1n) is 11.4. The molecule has 0 saturated carbocycles. The summed E-state index contributed by atoms with van der Waals surface area (Å²) in [6, 6.07) is 21.3. The average molecular weight is 466 g/mol. The third-order valence-corrected chi connectivity index (χ3v) is 7.67. The van der Waals surface area contributed by atoms with Gasteiger partial charge in [0.1, 0.15) is 17.2 Å². The normalized spacial score (nSPS) is 17.5. The van der Waals surface area contributed by atoms with E-state index in [0.717, 1.165) is 67.5 Å². The van der Waals surface area contributed by atoms with E-state index in [0.29, 0.717) is 0 Å². The Labute approximate surface area is 194 Å². The number of benzene rings is 3. The van der Waals surface area contributed by atoms with Crippen LogP contribution in [0.2, 0.25) is 0 Å². The van der Waals surface area contributed by atoms with Gasteiger partial charge in [-0.1, -0.05) is 36.4 Å². The molecule has 3 aromatic carbocycles. The Morgan fingerprint density at radius 1 is 0.939 bits per heavy atom. The molecule has 0 atom stereocenters. The van der Waals surface area contributed by atoms with Crippen LogP contribution < -0.4 is 9.64 Å². The molecule has 6 heteroatoms. The van der Waals surface area contributed by atoms with Crippen molar-refractivity contribution in [2.45, 2.75) is 37.0 Å². The van der Waals surface area contributed by atoms with E-state index in [4.69, 9.17) is 4.74 Å². The van der Waals surface area contributed by atoms with Crippen LogP contribution in [0.1, 0.15) is 30.4 Å². The highest BCUT2D eigenvalue weighted by Crippen LogP contribution is 2.41. The summed E-state index contributed by atoms with van der Waals surface area (Å²) in [5, 5.41) is 0.